The summed E-state index contributed by atoms with van der Waals surface area (Å²) >= 11 is 0. The zero-order chi connectivity index (χ0) is 27.7. The molecular formula is C33H32N4O3. The zero-order valence-corrected chi connectivity index (χ0v) is 22.1. The molecule has 1 atom stereocenters. The monoisotopic (exact) mass is 532 g/mol. The van der Waals surface area contributed by atoms with Gasteiger partial charge in [-0.15, -0.1) is 0 Å². The third-order valence-corrected chi connectivity index (χ3v) is 6.91. The molecule has 2 amide bonds. The van der Waals surface area contributed by atoms with Crippen LogP contribution in [0.25, 0.3) is 0 Å². The molecule has 5 rings (SSSR count). The van der Waals surface area contributed by atoms with E-state index in [-0.39, 0.29) is 24.1 Å². The second-order valence-electron chi connectivity index (χ2n) is 9.76. The van der Waals surface area contributed by atoms with Gasteiger partial charge >= 0.3 is 0 Å². The minimum Gasteiger partial charge on any atom is -0.508 e. The predicted molar refractivity (Wildman–Crippen MR) is 156 cm³/mol. The molecule has 1 heterocycles. The summed E-state index contributed by atoms with van der Waals surface area (Å²) in [5, 5.41) is 18.8. The van der Waals surface area contributed by atoms with E-state index in [2.05, 4.69) is 20.9 Å². The van der Waals surface area contributed by atoms with Crippen LogP contribution in [0.5, 0.6) is 5.75 Å². The van der Waals surface area contributed by atoms with Crippen LogP contribution in [0.2, 0.25) is 0 Å². The molecule has 40 heavy (non-hydrogen) atoms. The second-order valence-corrected chi connectivity index (χ2v) is 9.76. The Kier molecular flexibility index (Phi) is 8.51. The highest BCUT2D eigenvalue weighted by Crippen LogP contribution is 2.25. The van der Waals surface area contributed by atoms with E-state index in [1.54, 1.807) is 24.3 Å². The molecule has 4 aromatic rings. The molecule has 0 bridgehead atoms. The number of aromatic hydroxyl groups is 1. The maximum Gasteiger partial charge on any atom is 0.243 e. The molecule has 4 N–H and O–H groups in total. The van der Waals surface area contributed by atoms with Gasteiger partial charge in [-0.1, -0.05) is 97.1 Å². The number of phenolic OH excluding ortho intramolecular Hbond substituents is 1. The van der Waals surface area contributed by atoms with Crippen LogP contribution in [-0.4, -0.2) is 41.9 Å². The third-order valence-electron chi connectivity index (χ3n) is 6.91. The molecule has 1 aliphatic rings. The molecule has 0 radical (unpaired) electrons. The summed E-state index contributed by atoms with van der Waals surface area (Å²) in [5.41, 5.74) is 4.46. The fourth-order valence-electron chi connectivity index (χ4n) is 4.80. The number of hydrogen-bond acceptors (Lipinski definition) is 5. The molecular weight excluding hydrogens is 500 g/mol. The van der Waals surface area contributed by atoms with Crippen LogP contribution in [0.15, 0.2) is 114 Å². The van der Waals surface area contributed by atoms with Crippen molar-refractivity contribution in [3.05, 3.63) is 137 Å². The van der Waals surface area contributed by atoms with Gasteiger partial charge in [0.05, 0.1) is 12.5 Å². The van der Waals surface area contributed by atoms with E-state index in [0.29, 0.717) is 6.42 Å². The van der Waals surface area contributed by atoms with Crippen LogP contribution in [0, 0.1) is 0 Å². The first kappa shape index (κ1) is 26.7. The quantitative estimate of drug-likeness (QED) is 0.249. The Labute approximate surface area is 234 Å². The zero-order valence-electron chi connectivity index (χ0n) is 22.1. The number of amides is 2. The van der Waals surface area contributed by atoms with Gasteiger partial charge in [-0.3, -0.25) is 14.6 Å². The Morgan fingerprint density at radius 2 is 1.38 bits per heavy atom. The van der Waals surface area contributed by atoms with E-state index in [4.69, 9.17) is 0 Å². The van der Waals surface area contributed by atoms with E-state index in [9.17, 15) is 14.7 Å². The molecule has 7 heteroatoms. The summed E-state index contributed by atoms with van der Waals surface area (Å²) in [5.74, 6) is -0.0638. The highest BCUT2D eigenvalue weighted by Gasteiger charge is 2.28. The van der Waals surface area contributed by atoms with E-state index < -0.39 is 12.0 Å². The highest BCUT2D eigenvalue weighted by atomic mass is 16.3. The normalized spacial score (nSPS) is 13.3. The third kappa shape index (κ3) is 6.74. The number of phenols is 1. The van der Waals surface area contributed by atoms with Gasteiger partial charge in [0.25, 0.3) is 0 Å². The van der Waals surface area contributed by atoms with Gasteiger partial charge in [-0.05, 0) is 34.4 Å². The summed E-state index contributed by atoms with van der Waals surface area (Å²) in [7, 11) is 0. The van der Waals surface area contributed by atoms with Crippen LogP contribution in [-0.2, 0) is 22.6 Å². The average molecular weight is 533 g/mol. The van der Waals surface area contributed by atoms with Crippen molar-refractivity contribution in [2.24, 2.45) is 4.99 Å². The van der Waals surface area contributed by atoms with Crippen molar-refractivity contribution in [2.75, 3.05) is 13.1 Å². The summed E-state index contributed by atoms with van der Waals surface area (Å²) in [4.78, 5) is 31.8. The van der Waals surface area contributed by atoms with Crippen molar-refractivity contribution in [3.63, 3.8) is 0 Å². The Morgan fingerprint density at radius 3 is 1.95 bits per heavy atom. The van der Waals surface area contributed by atoms with Gasteiger partial charge in [0.15, 0.2) is 0 Å². The van der Waals surface area contributed by atoms with Gasteiger partial charge < -0.3 is 21.1 Å². The van der Waals surface area contributed by atoms with Crippen molar-refractivity contribution in [1.82, 2.24) is 16.0 Å². The number of hydrogen-bond donors (Lipinski definition) is 4. The lowest BCUT2D eigenvalue weighted by Crippen LogP contribution is -2.49. The predicted octanol–water partition coefficient (Wildman–Crippen LogP) is 3.92. The van der Waals surface area contributed by atoms with Gasteiger partial charge in [0, 0.05) is 25.1 Å². The standard InChI is InChI=1S/C33H32N4O3/c38-28-17-13-24(14-18-28)22-36-32(39)29(21-23-11-15-27(16-12-23)31-34-19-20-35-31)37-33(40)30(25-7-3-1-4-8-25)26-9-5-2-6-10-26/h1-18,29-30,38H,19-22H2,(H,34,35)(H,36,39)(H,37,40). The van der Waals surface area contributed by atoms with Crippen molar-refractivity contribution in [1.29, 1.82) is 0 Å². The Bertz CT molecular complexity index is 1410. The Morgan fingerprint density at radius 1 is 0.775 bits per heavy atom. The summed E-state index contributed by atoms with van der Waals surface area (Å²) in [6.07, 6.45) is 0.323. The van der Waals surface area contributed by atoms with Crippen LogP contribution in [0.3, 0.4) is 0 Å². The molecule has 4 aromatic carbocycles. The first-order valence-corrected chi connectivity index (χ1v) is 13.4. The largest absolute Gasteiger partial charge is 0.508 e. The summed E-state index contributed by atoms with van der Waals surface area (Å²) in [6.45, 7) is 1.86. The summed E-state index contributed by atoms with van der Waals surface area (Å²) in [6, 6.07) is 32.9. The molecule has 202 valence electrons. The maximum absolute atomic E-state index is 13.8. The first-order chi connectivity index (χ1) is 19.6. The molecule has 0 saturated carbocycles. The van der Waals surface area contributed by atoms with Gasteiger partial charge in [0.2, 0.25) is 11.8 Å². The number of carbonyl (C=O) groups excluding carboxylic acids is 2. The number of aliphatic imine (C=N–C) groups is 1. The van der Waals surface area contributed by atoms with Crippen LogP contribution in [0.1, 0.15) is 33.7 Å². The number of amidine groups is 1. The number of benzene rings is 4. The second kappa shape index (κ2) is 12.8. The smallest absolute Gasteiger partial charge is 0.243 e. The number of carbonyl (C=O) groups is 2. The summed E-state index contributed by atoms with van der Waals surface area (Å²) < 4.78 is 0. The molecule has 0 saturated heterocycles. The molecule has 7 nitrogen and oxygen atoms in total. The molecule has 0 aliphatic carbocycles. The Balaban J connectivity index is 1.37. The van der Waals surface area contributed by atoms with Gasteiger partial charge in [0.1, 0.15) is 17.6 Å². The lowest BCUT2D eigenvalue weighted by atomic mass is 9.90. The van der Waals surface area contributed by atoms with Crippen molar-refractivity contribution in [3.8, 4) is 5.75 Å². The highest BCUT2D eigenvalue weighted by molar-refractivity contribution is 5.99. The van der Waals surface area contributed by atoms with Crippen molar-refractivity contribution < 1.29 is 14.7 Å². The van der Waals surface area contributed by atoms with Crippen molar-refractivity contribution >= 4 is 17.6 Å². The number of nitrogens with one attached hydrogen (secondary N) is 3. The van der Waals surface area contributed by atoms with E-state index in [0.717, 1.165) is 46.7 Å². The SMILES string of the molecule is O=C(NCc1ccc(O)cc1)C(Cc1ccc(C2=NCCN2)cc1)NC(=O)C(c1ccccc1)c1ccccc1. The molecule has 0 aromatic heterocycles. The van der Waals surface area contributed by atoms with Crippen LogP contribution < -0.4 is 16.0 Å². The fraction of sp³-hybridized carbons (Fsp3) is 0.182. The molecule has 1 aliphatic heterocycles. The van der Waals surface area contributed by atoms with Crippen LogP contribution >= 0.6 is 0 Å². The van der Waals surface area contributed by atoms with E-state index in [1.165, 1.54) is 0 Å². The van der Waals surface area contributed by atoms with Crippen molar-refractivity contribution in [2.45, 2.75) is 24.9 Å². The Hall–Kier alpha value is -4.91. The number of nitrogens with zero attached hydrogens (tertiary/aromatic N) is 1. The lowest BCUT2D eigenvalue weighted by molar-refractivity contribution is -0.129. The maximum atomic E-state index is 13.8. The van der Waals surface area contributed by atoms with Gasteiger partial charge in [-0.2, -0.15) is 0 Å². The van der Waals surface area contributed by atoms with E-state index in [1.807, 2.05) is 84.9 Å². The number of rotatable bonds is 10. The average Bonchev–Trinajstić information content (AvgIpc) is 3.53. The minimum atomic E-state index is -0.799. The fourth-order valence-corrected chi connectivity index (χ4v) is 4.80. The molecule has 0 fully saturated rings. The van der Waals surface area contributed by atoms with Gasteiger partial charge in [-0.25, -0.2) is 0 Å². The molecule has 0 spiro atoms. The first-order valence-electron chi connectivity index (χ1n) is 13.4. The topological polar surface area (TPSA) is 103 Å². The van der Waals surface area contributed by atoms with Crippen LogP contribution in [0.4, 0.5) is 0 Å². The molecule has 1 unspecified atom stereocenters. The minimum absolute atomic E-state index is 0.162. The lowest BCUT2D eigenvalue weighted by Gasteiger charge is -2.23. The van der Waals surface area contributed by atoms with E-state index >= 15 is 0 Å².